The molecule has 0 N–H and O–H groups in total. The fraction of sp³-hybridized carbons (Fsp3) is 0.455. The Kier molecular flexibility index (Phi) is 57.8. The minimum atomic E-state index is -0.116. The van der Waals surface area contributed by atoms with Gasteiger partial charge in [0.1, 0.15) is 0 Å². The van der Waals surface area contributed by atoms with Crippen molar-refractivity contribution in [1.82, 2.24) is 0 Å². The summed E-state index contributed by atoms with van der Waals surface area (Å²) in [6.07, 6.45) is 0. The number of hydrogen-bond donors (Lipinski definition) is 0. The number of rotatable bonds is 2. The van der Waals surface area contributed by atoms with Crippen molar-refractivity contribution >= 4 is 41.1 Å². The zero-order valence-electron chi connectivity index (χ0n) is 11.9. The first-order valence-electron chi connectivity index (χ1n) is 4.71. The average molecular weight is 721 g/mol. The molecule has 0 aliphatic carbocycles. The van der Waals surface area contributed by atoms with Crippen molar-refractivity contribution in [3.05, 3.63) is 46.0 Å². The Balaban J connectivity index is -0.0000000402. The largest absolute Gasteiger partial charge is 0.826 e. The van der Waals surface area contributed by atoms with Gasteiger partial charge in [-0.25, -0.2) is 0 Å². The quantitative estimate of drug-likeness (QED) is 0.250. The molecule has 0 fully saturated rings. The van der Waals surface area contributed by atoms with Crippen molar-refractivity contribution in [3.8, 4) is 0 Å². The van der Waals surface area contributed by atoms with Gasteiger partial charge in [-0.05, 0) is 0 Å². The van der Waals surface area contributed by atoms with Crippen LogP contribution in [-0.4, -0.2) is 32.6 Å². The Morgan fingerprint density at radius 3 is 1.05 bits per heavy atom. The molecule has 0 radical (unpaired) electrons. The molecule has 0 saturated heterocycles. The van der Waals surface area contributed by atoms with Gasteiger partial charge in [-0.15, -0.1) is 0 Å². The third-order valence-electron chi connectivity index (χ3n) is 1.09. The van der Waals surface area contributed by atoms with E-state index in [-0.39, 0.29) is 68.0 Å². The number of hydrogen-bond acceptors (Lipinski definition) is 4. The Morgan fingerprint density at radius 2 is 1.00 bits per heavy atom. The molecule has 10 heteroatoms. The molecule has 0 spiro atoms. The van der Waals surface area contributed by atoms with Gasteiger partial charge < -0.3 is 48.9 Å². The van der Waals surface area contributed by atoms with Crippen LogP contribution in [0.3, 0.4) is 0 Å². The Bertz CT molecular complexity index is 338. The molecule has 0 aromatic carbocycles. The van der Waals surface area contributed by atoms with Crippen LogP contribution in [0.2, 0.25) is 0 Å². The van der Waals surface area contributed by atoms with Gasteiger partial charge in [-0.1, -0.05) is 0 Å². The second kappa shape index (κ2) is 32.4. The molecule has 0 aromatic heterocycles. The summed E-state index contributed by atoms with van der Waals surface area (Å²) >= 11 is 8.74. The van der Waals surface area contributed by atoms with Crippen LogP contribution >= 0.6 is 15.8 Å². The Labute approximate surface area is 171 Å². The van der Waals surface area contributed by atoms with Crippen LogP contribution in [0.15, 0.2) is 10.1 Å². The van der Waals surface area contributed by atoms with Crippen molar-refractivity contribution in [3.63, 3.8) is 0 Å². The van der Waals surface area contributed by atoms with E-state index in [9.17, 15) is 0 Å². The van der Waals surface area contributed by atoms with E-state index >= 15 is 0 Å². The van der Waals surface area contributed by atoms with Gasteiger partial charge in [0.2, 0.25) is 0 Å². The fourth-order valence-electron chi connectivity index (χ4n) is 0.803. The summed E-state index contributed by atoms with van der Waals surface area (Å²) in [6, 6.07) is 0. The van der Waals surface area contributed by atoms with Gasteiger partial charge in [-0.2, -0.15) is 0 Å². The molecule has 0 atom stereocenters. The Hall–Kier alpha value is 0.377. The summed E-state index contributed by atoms with van der Waals surface area (Å²) in [5, 5.41) is 12.3. The zero-order valence-corrected chi connectivity index (χ0v) is 20.1. The first kappa shape index (κ1) is 37.5. The van der Waals surface area contributed by atoms with E-state index in [4.69, 9.17) is 36.8 Å². The van der Waals surface area contributed by atoms with Crippen LogP contribution in [0.4, 0.5) is 0 Å². The zero-order chi connectivity index (χ0) is 16.4. The summed E-state index contributed by atoms with van der Waals surface area (Å²) in [5.74, 6) is 1.56. The SMILES string of the molecule is C[PH+](C)C[PH+](C)C.[C-]#N.[C-]#N.[C-]#[N+]/C([S-])=C(/[S-])[N+]#[C-].[Pt].[Pt]. The van der Waals surface area contributed by atoms with Gasteiger partial charge in [0.05, 0.1) is 13.1 Å². The molecule has 0 bridgehead atoms. The van der Waals surface area contributed by atoms with Crippen molar-refractivity contribution in [2.24, 2.45) is 0 Å². The predicted molar refractivity (Wildman–Crippen MR) is 90.1 cm³/mol. The van der Waals surface area contributed by atoms with Crippen molar-refractivity contribution in [1.29, 1.82) is 10.5 Å². The molecule has 0 amide bonds. The second-order valence-electron chi connectivity index (χ2n) is 3.42. The van der Waals surface area contributed by atoms with E-state index in [0.717, 1.165) is 0 Å². The molecular formula is C11H16N4P2Pt2S2-2. The predicted octanol–water partition coefficient (Wildman–Crippen LogP) is 3.12. The standard InChI is InChI=1S/C5H14P2.C4H2N2S2.2CN.2Pt/c1-6(2)5-7(3)4;1-5-3(7)4(8)6-2;2*1-2;;/h5H2,1-4H3;7-8H;;;;/q;;2*-1;;/b;4-3-;;;;. The van der Waals surface area contributed by atoms with Crippen LogP contribution < -0.4 is 0 Å². The van der Waals surface area contributed by atoms with E-state index in [1.54, 1.807) is 5.90 Å². The summed E-state index contributed by atoms with van der Waals surface area (Å²) in [6.45, 7) is 31.7. The minimum absolute atomic E-state index is 0. The smallest absolute Gasteiger partial charge is 0.154 e. The number of nitrogens with zero attached hydrogens (tertiary/aromatic N) is 4. The molecule has 0 saturated carbocycles. The molecule has 0 unspecified atom stereocenters. The van der Waals surface area contributed by atoms with Crippen LogP contribution in [0.25, 0.3) is 9.69 Å². The third-order valence-corrected chi connectivity index (χ3v) is 7.45. The van der Waals surface area contributed by atoms with Crippen molar-refractivity contribution < 1.29 is 42.1 Å². The van der Waals surface area contributed by atoms with Crippen molar-refractivity contribution in [2.45, 2.75) is 0 Å². The fourth-order valence-corrected chi connectivity index (χ4v) is 6.55. The molecule has 21 heavy (non-hydrogen) atoms. The summed E-state index contributed by atoms with van der Waals surface area (Å²) < 4.78 is 0. The van der Waals surface area contributed by atoms with Crippen molar-refractivity contribution in [2.75, 3.05) is 32.6 Å². The molecule has 0 aliphatic rings. The Morgan fingerprint density at radius 1 is 0.810 bits per heavy atom. The van der Waals surface area contributed by atoms with Gasteiger partial charge in [0.25, 0.3) is 0 Å². The first-order chi connectivity index (χ1) is 8.84. The molecule has 4 nitrogen and oxygen atoms in total. The maximum Gasteiger partial charge on any atom is 0.154 e. The summed E-state index contributed by atoms with van der Waals surface area (Å²) in [5.41, 5.74) is 0. The van der Waals surface area contributed by atoms with Crippen LogP contribution in [-0.2, 0) is 67.4 Å². The van der Waals surface area contributed by atoms with Crippen LogP contribution in [0.5, 0.6) is 0 Å². The van der Waals surface area contributed by atoms with E-state index in [1.165, 1.54) is 0 Å². The minimum Gasteiger partial charge on any atom is -0.826 e. The molecule has 124 valence electrons. The van der Waals surface area contributed by atoms with E-state index in [2.05, 4.69) is 61.6 Å². The molecule has 0 aromatic rings. The third kappa shape index (κ3) is 44.9. The molecule has 0 aliphatic heterocycles. The van der Waals surface area contributed by atoms with E-state index in [1.807, 2.05) is 0 Å². The average Bonchev–Trinajstić information content (AvgIpc) is 2.40. The van der Waals surface area contributed by atoms with Gasteiger partial charge >= 0.3 is 0 Å². The first-order valence-corrected chi connectivity index (χ1v) is 10.9. The molecule has 0 rings (SSSR count). The monoisotopic (exact) mass is 720 g/mol. The van der Waals surface area contributed by atoms with Gasteiger partial charge in [0, 0.05) is 94.7 Å². The topological polar surface area (TPSA) is 56.3 Å². The van der Waals surface area contributed by atoms with Crippen LogP contribution in [0, 0.1) is 36.8 Å². The van der Waals surface area contributed by atoms with Crippen LogP contribution in [0.1, 0.15) is 0 Å². The summed E-state index contributed by atoms with van der Waals surface area (Å²) in [7, 11) is 0.222. The molecular weight excluding hydrogens is 704 g/mol. The summed E-state index contributed by atoms with van der Waals surface area (Å²) in [4.78, 5) is 5.57. The second-order valence-corrected chi connectivity index (χ2v) is 10.4. The maximum atomic E-state index is 6.30. The molecule has 0 heterocycles. The van der Waals surface area contributed by atoms with E-state index < -0.39 is 0 Å². The van der Waals surface area contributed by atoms with E-state index in [0.29, 0.717) is 0 Å². The normalized spacial score (nSPS) is 8.00. The van der Waals surface area contributed by atoms with Gasteiger partial charge in [-0.3, -0.25) is 9.69 Å². The van der Waals surface area contributed by atoms with Gasteiger partial charge in [0.15, 0.2) is 5.90 Å². The maximum absolute atomic E-state index is 6.30.